The van der Waals surface area contributed by atoms with Crippen LogP contribution in [0.2, 0.25) is 0 Å². The van der Waals surface area contributed by atoms with E-state index in [-0.39, 0.29) is 0 Å². The second-order valence-corrected chi connectivity index (χ2v) is 10.0. The molecule has 30 heavy (non-hydrogen) atoms. The first-order chi connectivity index (χ1) is 14.8. The van der Waals surface area contributed by atoms with Crippen molar-refractivity contribution in [2.45, 2.75) is 37.5 Å². The monoisotopic (exact) mass is 420 g/mol. The first-order valence-electron chi connectivity index (χ1n) is 11.4. The molecule has 6 aliphatic heterocycles. The molecule has 2 unspecified atom stereocenters. The Kier molecular flexibility index (Phi) is 4.99. The van der Waals surface area contributed by atoms with Gasteiger partial charge < -0.3 is 14.5 Å². The van der Waals surface area contributed by atoms with Crippen LogP contribution in [-0.2, 0) is 0 Å². The van der Waals surface area contributed by atoms with Crippen molar-refractivity contribution in [3.8, 4) is 17.9 Å². The summed E-state index contributed by atoms with van der Waals surface area (Å²) in [5, 5.41) is 0. The van der Waals surface area contributed by atoms with Crippen molar-refractivity contribution in [1.82, 2.24) is 18.5 Å². The smallest absolute Gasteiger partial charge is 0.262 e. The first-order valence-corrected chi connectivity index (χ1v) is 12.1. The van der Waals surface area contributed by atoms with Crippen molar-refractivity contribution >= 4 is 11.7 Å². The fourth-order valence-corrected chi connectivity index (χ4v) is 6.55. The van der Waals surface area contributed by atoms with Crippen LogP contribution in [0.4, 0.5) is 0 Å². The van der Waals surface area contributed by atoms with Crippen LogP contribution in [0.25, 0.3) is 0 Å². The lowest BCUT2D eigenvalue weighted by Gasteiger charge is -2.46. The largest absolute Gasteiger partial charge is 0.384 e. The van der Waals surface area contributed by atoms with Crippen molar-refractivity contribution < 1.29 is 4.74 Å². The zero-order valence-corrected chi connectivity index (χ0v) is 18.1. The third-order valence-electron chi connectivity index (χ3n) is 7.84. The zero-order valence-electron chi connectivity index (χ0n) is 17.3. The summed E-state index contributed by atoms with van der Waals surface area (Å²) in [4.78, 5) is 5.30. The van der Waals surface area contributed by atoms with Crippen LogP contribution in [0.3, 0.4) is 0 Å². The van der Waals surface area contributed by atoms with E-state index in [9.17, 15) is 0 Å². The Bertz CT molecular complexity index is 901. The molecule has 0 amide bonds. The second-order valence-electron chi connectivity index (χ2n) is 9.45. The van der Waals surface area contributed by atoms with Crippen molar-refractivity contribution in [2.24, 2.45) is 11.8 Å². The van der Waals surface area contributed by atoms with E-state index in [0.717, 1.165) is 29.1 Å². The average molecular weight is 421 g/mol. The highest BCUT2D eigenvalue weighted by molar-refractivity contribution is 6.99. The molecule has 5 nitrogen and oxygen atoms in total. The molecule has 6 heteroatoms. The summed E-state index contributed by atoms with van der Waals surface area (Å²) in [6.07, 6.45) is 9.85. The number of ether oxygens (including phenoxy) is 1. The van der Waals surface area contributed by atoms with E-state index in [1.165, 1.54) is 76.1 Å². The number of piperidine rings is 6. The Hall–Kier alpha value is -1.94. The lowest BCUT2D eigenvalue weighted by atomic mass is 9.72. The van der Waals surface area contributed by atoms with Crippen LogP contribution < -0.4 is 4.74 Å². The first kappa shape index (κ1) is 18.8. The topological polar surface area (TPSA) is 41.5 Å². The Morgan fingerprint density at radius 1 is 0.867 bits per heavy atom. The molecule has 2 aromatic rings. The van der Waals surface area contributed by atoms with Crippen LogP contribution in [0.1, 0.15) is 54.2 Å². The maximum absolute atomic E-state index is 5.48. The third-order valence-corrected chi connectivity index (χ3v) is 8.30. The van der Waals surface area contributed by atoms with Gasteiger partial charge in [0.1, 0.15) is 12.3 Å². The minimum Gasteiger partial charge on any atom is -0.384 e. The van der Waals surface area contributed by atoms with Crippen molar-refractivity contribution in [1.29, 1.82) is 0 Å². The number of fused-ring (bicyclic) bond motifs is 6. The van der Waals surface area contributed by atoms with Gasteiger partial charge in [0.25, 0.3) is 5.88 Å². The fraction of sp³-hybridized carbons (Fsp3) is 0.583. The SMILES string of the molecule is C(#Cc1cc(C2CN3CCC2CC3)cc(C2CN3CCC2CC3)c1)Oc1cnsn1. The van der Waals surface area contributed by atoms with Gasteiger partial charge in [0.2, 0.25) is 0 Å². The molecule has 6 fully saturated rings. The molecule has 0 aliphatic carbocycles. The Morgan fingerprint density at radius 2 is 1.47 bits per heavy atom. The summed E-state index contributed by atoms with van der Waals surface area (Å²) in [5.41, 5.74) is 4.08. The summed E-state index contributed by atoms with van der Waals surface area (Å²) in [6, 6.07) is 7.19. The molecule has 6 aliphatic rings. The predicted octanol–water partition coefficient (Wildman–Crippen LogP) is 3.54. The molecule has 6 saturated heterocycles. The van der Waals surface area contributed by atoms with Crippen molar-refractivity contribution in [3.63, 3.8) is 0 Å². The quantitative estimate of drug-likeness (QED) is 0.711. The number of aromatic nitrogens is 2. The van der Waals surface area contributed by atoms with Crippen LogP contribution in [0.15, 0.2) is 24.4 Å². The highest BCUT2D eigenvalue weighted by Gasteiger charge is 2.37. The fourth-order valence-electron chi connectivity index (χ4n) is 6.20. The average Bonchev–Trinajstić information content (AvgIpc) is 3.34. The van der Waals surface area contributed by atoms with Crippen LogP contribution >= 0.6 is 11.7 Å². The molecule has 1 aromatic carbocycles. The van der Waals surface area contributed by atoms with Gasteiger partial charge in [-0.05, 0) is 105 Å². The summed E-state index contributed by atoms with van der Waals surface area (Å²) in [5.74, 6) is 6.71. The van der Waals surface area contributed by atoms with Gasteiger partial charge in [-0.3, -0.25) is 0 Å². The van der Waals surface area contributed by atoms with E-state index in [1.54, 1.807) is 6.20 Å². The summed E-state index contributed by atoms with van der Waals surface area (Å²) >= 11 is 1.14. The highest BCUT2D eigenvalue weighted by atomic mass is 32.1. The molecule has 4 bridgehead atoms. The predicted molar refractivity (Wildman–Crippen MR) is 118 cm³/mol. The van der Waals surface area contributed by atoms with Gasteiger partial charge >= 0.3 is 0 Å². The third kappa shape index (κ3) is 3.64. The lowest BCUT2D eigenvalue weighted by molar-refractivity contribution is 0.0845. The van der Waals surface area contributed by atoms with E-state index in [0.29, 0.717) is 17.7 Å². The molecular weight excluding hydrogens is 392 g/mol. The molecule has 0 N–H and O–H groups in total. The molecule has 0 radical (unpaired) electrons. The minimum absolute atomic E-state index is 0.485. The van der Waals surface area contributed by atoms with Gasteiger partial charge in [0, 0.05) is 18.7 Å². The Labute approximate surface area is 182 Å². The van der Waals surface area contributed by atoms with Crippen molar-refractivity contribution in [3.05, 3.63) is 41.1 Å². The molecule has 8 rings (SSSR count). The van der Waals surface area contributed by atoms with E-state index in [4.69, 9.17) is 4.74 Å². The van der Waals surface area contributed by atoms with Gasteiger partial charge in [0.05, 0.1) is 11.7 Å². The van der Waals surface area contributed by atoms with E-state index >= 15 is 0 Å². The van der Waals surface area contributed by atoms with Crippen LogP contribution in [-0.4, -0.2) is 57.8 Å². The van der Waals surface area contributed by atoms with Crippen LogP contribution in [0, 0.1) is 23.9 Å². The zero-order chi connectivity index (χ0) is 19.9. The van der Waals surface area contributed by atoms with E-state index in [2.05, 4.69) is 48.8 Å². The number of nitrogens with zero attached hydrogens (tertiary/aromatic N) is 4. The van der Waals surface area contributed by atoms with Gasteiger partial charge in [0.15, 0.2) is 0 Å². The number of benzene rings is 1. The minimum atomic E-state index is 0.485. The molecule has 2 atom stereocenters. The second kappa shape index (κ2) is 7.96. The molecule has 156 valence electrons. The highest BCUT2D eigenvalue weighted by Crippen LogP contribution is 2.43. The summed E-state index contributed by atoms with van der Waals surface area (Å²) < 4.78 is 13.5. The molecule has 1 aromatic heterocycles. The van der Waals surface area contributed by atoms with Gasteiger partial charge in [-0.1, -0.05) is 6.07 Å². The summed E-state index contributed by atoms with van der Waals surface area (Å²) in [6.45, 7) is 7.54. The van der Waals surface area contributed by atoms with Gasteiger partial charge in [-0.2, -0.15) is 4.37 Å². The number of hydrogen-bond acceptors (Lipinski definition) is 6. The van der Waals surface area contributed by atoms with E-state index in [1.807, 2.05) is 0 Å². The lowest BCUT2D eigenvalue weighted by Crippen LogP contribution is -2.47. The molecule has 7 heterocycles. The van der Waals surface area contributed by atoms with Crippen LogP contribution in [0.5, 0.6) is 5.88 Å². The van der Waals surface area contributed by atoms with Gasteiger partial charge in [-0.15, -0.1) is 4.37 Å². The van der Waals surface area contributed by atoms with E-state index < -0.39 is 0 Å². The van der Waals surface area contributed by atoms with Gasteiger partial charge in [-0.25, -0.2) is 0 Å². The standard InChI is InChI=1S/C24H28N4OS/c1-6-27-7-2-18(1)22(15-27)20-11-17(5-10-29-24-14-25-30-26-24)12-21(13-20)23-16-28-8-3-19(23)4-9-28/h11-14,18-19,22-23H,1-4,6-9,15-16H2. The Morgan fingerprint density at radius 3 is 1.93 bits per heavy atom. The number of hydrogen-bond donors (Lipinski definition) is 0. The molecule has 0 saturated carbocycles. The maximum Gasteiger partial charge on any atom is 0.262 e. The molecule has 0 spiro atoms. The van der Waals surface area contributed by atoms with Crippen molar-refractivity contribution in [2.75, 3.05) is 39.3 Å². The maximum atomic E-state index is 5.48. The summed E-state index contributed by atoms with van der Waals surface area (Å²) in [7, 11) is 0. The molecular formula is C24H28N4OS. The Balaban J connectivity index is 1.33. The number of rotatable bonds is 3. The normalized spacial score (nSPS) is 34.4.